The molecule has 0 saturated carbocycles. The van der Waals surface area contributed by atoms with Crippen molar-refractivity contribution >= 4 is 15.9 Å². The predicted molar refractivity (Wildman–Crippen MR) is 64.7 cm³/mol. The predicted octanol–water partition coefficient (Wildman–Crippen LogP) is 1.95. The minimum atomic E-state index is -3.64. The molecule has 2 rings (SSSR count). The molecular formula is C12H14FNO2S. The molecule has 0 bridgehead atoms. The van der Waals surface area contributed by atoms with Crippen molar-refractivity contribution in [1.82, 2.24) is 5.32 Å². The van der Waals surface area contributed by atoms with Gasteiger partial charge >= 0.3 is 0 Å². The molecule has 1 atom stereocenters. The van der Waals surface area contributed by atoms with Crippen LogP contribution >= 0.6 is 0 Å². The molecule has 1 unspecified atom stereocenters. The number of sulfone groups is 1. The van der Waals surface area contributed by atoms with Gasteiger partial charge in [0.05, 0.1) is 4.91 Å². The zero-order valence-corrected chi connectivity index (χ0v) is 10.5. The van der Waals surface area contributed by atoms with Gasteiger partial charge in [0.2, 0.25) is 9.84 Å². The van der Waals surface area contributed by atoms with Crippen molar-refractivity contribution < 1.29 is 12.8 Å². The van der Waals surface area contributed by atoms with E-state index in [1.807, 2.05) is 6.92 Å². The number of rotatable bonds is 3. The van der Waals surface area contributed by atoms with Gasteiger partial charge in [0.15, 0.2) is 0 Å². The van der Waals surface area contributed by atoms with Crippen LogP contribution in [0, 0.1) is 5.82 Å². The van der Waals surface area contributed by atoms with E-state index in [4.69, 9.17) is 0 Å². The highest BCUT2D eigenvalue weighted by atomic mass is 32.2. The van der Waals surface area contributed by atoms with Crippen LogP contribution in [-0.4, -0.2) is 21.5 Å². The summed E-state index contributed by atoms with van der Waals surface area (Å²) in [5.41, 5.74) is 0.448. The first kappa shape index (κ1) is 12.3. The molecule has 1 aromatic rings. The molecule has 0 saturated heterocycles. The molecule has 1 aromatic carbocycles. The summed E-state index contributed by atoms with van der Waals surface area (Å²) in [5.74, 6) is -0.675. The largest absolute Gasteiger partial charge is 0.317 e. The molecule has 17 heavy (non-hydrogen) atoms. The van der Waals surface area contributed by atoms with E-state index >= 15 is 0 Å². The Morgan fingerprint density at radius 3 is 2.71 bits per heavy atom. The van der Waals surface area contributed by atoms with Crippen molar-refractivity contribution in [2.45, 2.75) is 24.3 Å². The van der Waals surface area contributed by atoms with Crippen LogP contribution in [0.3, 0.4) is 0 Å². The summed E-state index contributed by atoms with van der Waals surface area (Å²) in [6, 6.07) is 4.35. The number of fused-ring (bicyclic) bond motifs is 1. The van der Waals surface area contributed by atoms with Gasteiger partial charge in [-0.3, -0.25) is 0 Å². The standard InChI is InChI=1S/C12H14FNO2S/c1-8(14-2)6-10-7-9-4-3-5-11(13)12(9)17(10,15)16/h3-5,7-8,14H,6H2,1-2H3. The maximum atomic E-state index is 13.6. The van der Waals surface area contributed by atoms with E-state index in [1.54, 1.807) is 19.2 Å². The first-order valence-corrected chi connectivity index (χ1v) is 6.86. The van der Waals surface area contributed by atoms with Gasteiger partial charge in [-0.15, -0.1) is 0 Å². The van der Waals surface area contributed by atoms with Crippen LogP contribution in [0.5, 0.6) is 0 Å². The lowest BCUT2D eigenvalue weighted by Crippen LogP contribution is -2.22. The van der Waals surface area contributed by atoms with Crippen LogP contribution in [0.2, 0.25) is 0 Å². The molecule has 0 amide bonds. The van der Waals surface area contributed by atoms with Gasteiger partial charge < -0.3 is 5.32 Å². The molecule has 0 spiro atoms. The fourth-order valence-electron chi connectivity index (χ4n) is 1.88. The van der Waals surface area contributed by atoms with Crippen molar-refractivity contribution in [3.8, 4) is 0 Å². The van der Waals surface area contributed by atoms with Crippen molar-refractivity contribution in [3.63, 3.8) is 0 Å². The minimum Gasteiger partial charge on any atom is -0.317 e. The summed E-state index contributed by atoms with van der Waals surface area (Å²) < 4.78 is 37.8. The van der Waals surface area contributed by atoms with Gasteiger partial charge in [-0.2, -0.15) is 0 Å². The van der Waals surface area contributed by atoms with Gasteiger partial charge in [-0.1, -0.05) is 12.1 Å². The molecule has 3 nitrogen and oxygen atoms in total. The van der Waals surface area contributed by atoms with Crippen LogP contribution in [-0.2, 0) is 9.84 Å². The van der Waals surface area contributed by atoms with E-state index in [9.17, 15) is 12.8 Å². The second kappa shape index (κ2) is 4.23. The summed E-state index contributed by atoms with van der Waals surface area (Å²) in [5, 5.41) is 2.97. The number of hydrogen-bond donors (Lipinski definition) is 1. The van der Waals surface area contributed by atoms with Crippen molar-refractivity contribution in [2.75, 3.05) is 7.05 Å². The Bertz CT molecular complexity index is 578. The Hall–Kier alpha value is -1.20. The van der Waals surface area contributed by atoms with Gasteiger partial charge in [-0.25, -0.2) is 12.8 Å². The molecule has 1 N–H and O–H groups in total. The average molecular weight is 255 g/mol. The second-order valence-corrected chi connectivity index (χ2v) is 6.11. The van der Waals surface area contributed by atoms with E-state index in [-0.39, 0.29) is 15.8 Å². The van der Waals surface area contributed by atoms with E-state index in [1.165, 1.54) is 12.1 Å². The number of hydrogen-bond acceptors (Lipinski definition) is 3. The third-order valence-electron chi connectivity index (χ3n) is 2.93. The normalized spacial score (nSPS) is 18.6. The lowest BCUT2D eigenvalue weighted by Gasteiger charge is -2.10. The van der Waals surface area contributed by atoms with Gasteiger partial charge in [0.1, 0.15) is 10.7 Å². The quantitative estimate of drug-likeness (QED) is 0.898. The summed E-state index contributed by atoms with van der Waals surface area (Å²) >= 11 is 0. The molecular weight excluding hydrogens is 241 g/mol. The zero-order chi connectivity index (χ0) is 12.6. The van der Waals surface area contributed by atoms with Crippen LogP contribution in [0.1, 0.15) is 18.9 Å². The first-order valence-electron chi connectivity index (χ1n) is 5.38. The Morgan fingerprint density at radius 1 is 1.41 bits per heavy atom. The Labute approximate surface area is 100 Å². The molecule has 0 radical (unpaired) electrons. The summed E-state index contributed by atoms with van der Waals surface area (Å²) in [7, 11) is -1.87. The molecule has 0 fully saturated rings. The number of halogens is 1. The molecule has 5 heteroatoms. The summed E-state index contributed by atoms with van der Waals surface area (Å²) in [4.78, 5) is 0.0951. The molecule has 0 aromatic heterocycles. The Kier molecular flexibility index (Phi) is 3.05. The maximum Gasteiger partial charge on any atom is 0.206 e. The molecule has 1 aliphatic rings. The highest BCUT2D eigenvalue weighted by Crippen LogP contribution is 2.36. The van der Waals surface area contributed by atoms with Gasteiger partial charge in [0, 0.05) is 6.04 Å². The van der Waals surface area contributed by atoms with Crippen LogP contribution in [0.25, 0.3) is 6.08 Å². The number of benzene rings is 1. The van der Waals surface area contributed by atoms with E-state index in [2.05, 4.69) is 5.32 Å². The zero-order valence-electron chi connectivity index (χ0n) is 9.70. The summed E-state index contributed by atoms with van der Waals surface area (Å²) in [6.07, 6.45) is 1.93. The third kappa shape index (κ3) is 2.00. The van der Waals surface area contributed by atoms with E-state index < -0.39 is 15.7 Å². The molecule has 92 valence electrons. The molecule has 1 aliphatic heterocycles. The highest BCUT2D eigenvalue weighted by molar-refractivity contribution is 7.95. The topological polar surface area (TPSA) is 46.2 Å². The van der Waals surface area contributed by atoms with Crippen molar-refractivity contribution in [1.29, 1.82) is 0 Å². The van der Waals surface area contributed by atoms with E-state index in [0.717, 1.165) is 0 Å². The van der Waals surface area contributed by atoms with Gasteiger partial charge in [-0.05, 0) is 38.1 Å². The fourth-order valence-corrected chi connectivity index (χ4v) is 3.65. The lowest BCUT2D eigenvalue weighted by atomic mass is 10.1. The fraction of sp³-hybridized carbons (Fsp3) is 0.333. The smallest absolute Gasteiger partial charge is 0.206 e. The second-order valence-electron chi connectivity index (χ2n) is 4.17. The van der Waals surface area contributed by atoms with Crippen molar-refractivity contribution in [2.24, 2.45) is 0 Å². The SMILES string of the molecule is CNC(C)CC1=Cc2cccc(F)c2S1(=O)=O. The van der Waals surface area contributed by atoms with E-state index in [0.29, 0.717) is 12.0 Å². The van der Waals surface area contributed by atoms with Crippen LogP contribution in [0.15, 0.2) is 28.0 Å². The van der Waals surface area contributed by atoms with Crippen LogP contribution < -0.4 is 5.32 Å². The Balaban J connectivity index is 2.47. The number of nitrogens with one attached hydrogen (secondary N) is 1. The maximum absolute atomic E-state index is 13.6. The van der Waals surface area contributed by atoms with Crippen LogP contribution in [0.4, 0.5) is 4.39 Å². The molecule has 1 heterocycles. The Morgan fingerprint density at radius 2 is 2.12 bits per heavy atom. The van der Waals surface area contributed by atoms with Gasteiger partial charge in [0.25, 0.3) is 0 Å². The first-order chi connectivity index (χ1) is 7.96. The monoisotopic (exact) mass is 255 g/mol. The third-order valence-corrected chi connectivity index (χ3v) is 4.87. The summed E-state index contributed by atoms with van der Waals surface area (Å²) in [6.45, 7) is 1.88. The minimum absolute atomic E-state index is 0.0356. The molecule has 0 aliphatic carbocycles. The average Bonchev–Trinajstić information content (AvgIpc) is 2.51. The van der Waals surface area contributed by atoms with Crippen molar-refractivity contribution in [3.05, 3.63) is 34.5 Å². The lowest BCUT2D eigenvalue weighted by molar-refractivity contribution is 0.566. The highest BCUT2D eigenvalue weighted by Gasteiger charge is 2.32.